The molecule has 1 amide bonds. The summed E-state index contributed by atoms with van der Waals surface area (Å²) in [7, 11) is 1.31. The van der Waals surface area contributed by atoms with Crippen LogP contribution in [0.25, 0.3) is 0 Å². The molecule has 0 bridgehead atoms. The normalized spacial score (nSPS) is 15.6. The molecule has 1 aromatic carbocycles. The van der Waals surface area contributed by atoms with Crippen LogP contribution < -0.4 is 9.64 Å². The molecule has 2 rings (SSSR count). The van der Waals surface area contributed by atoms with Crippen LogP contribution in [0, 0.1) is 5.82 Å². The van der Waals surface area contributed by atoms with Crippen LogP contribution in [-0.2, 0) is 9.59 Å². The average molecular weight is 258 g/mol. The van der Waals surface area contributed by atoms with Crippen LogP contribution in [0.15, 0.2) is 12.1 Å². The molecular weight excluding hydrogens is 249 g/mol. The number of amides is 1. The predicted octanol–water partition coefficient (Wildman–Crippen LogP) is 1.79. The molecule has 0 unspecified atom stereocenters. The first-order valence-electron chi connectivity index (χ1n) is 4.88. The van der Waals surface area contributed by atoms with Crippen molar-refractivity contribution in [2.45, 2.75) is 6.42 Å². The van der Waals surface area contributed by atoms with Crippen molar-refractivity contribution in [2.75, 3.05) is 18.6 Å². The number of rotatable bonds is 2. The number of nitrogens with zero attached hydrogens (tertiary/aromatic N) is 1. The van der Waals surface area contributed by atoms with Crippen LogP contribution >= 0.6 is 11.6 Å². The quantitative estimate of drug-likeness (QED) is 0.759. The Hall–Kier alpha value is -1.62. The van der Waals surface area contributed by atoms with Gasteiger partial charge in [0, 0.05) is 0 Å². The lowest BCUT2D eigenvalue weighted by molar-refractivity contribution is -0.121. The first kappa shape index (κ1) is 11.9. The summed E-state index contributed by atoms with van der Waals surface area (Å²) in [6.07, 6.45) is -0.215. The molecule has 0 spiro atoms. The van der Waals surface area contributed by atoms with Gasteiger partial charge in [0.1, 0.15) is 5.69 Å². The largest absolute Gasteiger partial charge is 0.494 e. The van der Waals surface area contributed by atoms with Crippen molar-refractivity contribution in [3.63, 3.8) is 0 Å². The van der Waals surface area contributed by atoms with Crippen molar-refractivity contribution >= 4 is 29.0 Å². The predicted molar refractivity (Wildman–Crippen MR) is 59.9 cm³/mol. The molecule has 1 aliphatic heterocycles. The van der Waals surface area contributed by atoms with Gasteiger partial charge in [-0.15, -0.1) is 0 Å². The van der Waals surface area contributed by atoms with E-state index in [-0.39, 0.29) is 35.2 Å². The second-order valence-corrected chi connectivity index (χ2v) is 4.01. The van der Waals surface area contributed by atoms with Crippen LogP contribution in [0.5, 0.6) is 5.75 Å². The first-order valence-corrected chi connectivity index (χ1v) is 5.26. The molecule has 0 radical (unpaired) electrons. The zero-order chi connectivity index (χ0) is 12.6. The van der Waals surface area contributed by atoms with Gasteiger partial charge in [-0.1, -0.05) is 11.6 Å². The molecule has 0 atom stereocenters. The monoisotopic (exact) mass is 257 g/mol. The molecule has 1 saturated heterocycles. The third kappa shape index (κ3) is 1.98. The molecule has 90 valence electrons. The number of methoxy groups -OCH3 is 1. The van der Waals surface area contributed by atoms with E-state index < -0.39 is 11.7 Å². The molecule has 0 saturated carbocycles. The smallest absolute Gasteiger partial charge is 0.235 e. The minimum atomic E-state index is -0.733. The highest BCUT2D eigenvalue weighted by Crippen LogP contribution is 2.36. The molecule has 1 heterocycles. The molecule has 4 nitrogen and oxygen atoms in total. The maximum absolute atomic E-state index is 14.0. The van der Waals surface area contributed by atoms with E-state index in [1.807, 2.05) is 0 Å². The second-order valence-electron chi connectivity index (χ2n) is 3.61. The van der Waals surface area contributed by atoms with Gasteiger partial charge in [0.2, 0.25) is 5.91 Å². The maximum Gasteiger partial charge on any atom is 0.235 e. The highest BCUT2D eigenvalue weighted by atomic mass is 35.5. The average Bonchev–Trinajstić information content (AvgIpc) is 2.58. The third-order valence-corrected chi connectivity index (χ3v) is 2.81. The van der Waals surface area contributed by atoms with Crippen molar-refractivity contribution in [1.82, 2.24) is 0 Å². The number of hydrogen-bond acceptors (Lipinski definition) is 3. The Morgan fingerprint density at radius 3 is 2.65 bits per heavy atom. The summed E-state index contributed by atoms with van der Waals surface area (Å²) in [5, 5.41) is 0.0753. The Balaban J connectivity index is 2.51. The number of halogens is 2. The maximum atomic E-state index is 14.0. The fraction of sp³-hybridized carbons (Fsp3) is 0.273. The SMILES string of the molecule is COc1ccc(Cl)c(N2CC(=O)CC2=O)c1F. The minimum absolute atomic E-state index is 0.0171. The Labute approximate surface area is 102 Å². The van der Waals surface area contributed by atoms with Gasteiger partial charge in [-0.05, 0) is 12.1 Å². The van der Waals surface area contributed by atoms with Gasteiger partial charge in [-0.25, -0.2) is 4.39 Å². The first-order chi connectivity index (χ1) is 8.04. The van der Waals surface area contributed by atoms with Crippen LogP contribution in [0.3, 0.4) is 0 Å². The lowest BCUT2D eigenvalue weighted by atomic mass is 10.2. The number of Topliss-reactive ketones (excluding diaryl/α,β-unsaturated/α-hetero) is 1. The Bertz CT molecular complexity index is 504. The van der Waals surface area contributed by atoms with Crippen molar-refractivity contribution in [2.24, 2.45) is 0 Å². The van der Waals surface area contributed by atoms with E-state index in [4.69, 9.17) is 16.3 Å². The van der Waals surface area contributed by atoms with Crippen molar-refractivity contribution < 1.29 is 18.7 Å². The van der Waals surface area contributed by atoms with E-state index in [9.17, 15) is 14.0 Å². The van der Waals surface area contributed by atoms with Gasteiger partial charge in [0.25, 0.3) is 0 Å². The van der Waals surface area contributed by atoms with E-state index in [1.165, 1.54) is 19.2 Å². The standard InChI is InChI=1S/C11H9ClFNO3/c1-17-8-3-2-7(12)11(10(8)13)14-5-6(15)4-9(14)16/h2-3H,4-5H2,1H3. The third-order valence-electron chi connectivity index (χ3n) is 2.51. The van der Waals surface area contributed by atoms with E-state index in [0.717, 1.165) is 4.90 Å². The molecule has 1 aromatic rings. The number of carbonyl (C=O) groups excluding carboxylic acids is 2. The van der Waals surface area contributed by atoms with E-state index in [2.05, 4.69) is 0 Å². The van der Waals surface area contributed by atoms with Crippen molar-refractivity contribution in [3.8, 4) is 5.75 Å². The van der Waals surface area contributed by atoms with E-state index in [1.54, 1.807) is 0 Å². The molecule has 0 N–H and O–H groups in total. The molecular formula is C11H9ClFNO3. The number of hydrogen-bond donors (Lipinski definition) is 0. The summed E-state index contributed by atoms with van der Waals surface area (Å²) in [5.41, 5.74) is -0.0955. The molecule has 1 aliphatic rings. The Kier molecular flexibility index (Phi) is 3.02. The van der Waals surface area contributed by atoms with Gasteiger partial charge < -0.3 is 9.64 Å². The minimum Gasteiger partial charge on any atom is -0.494 e. The van der Waals surface area contributed by atoms with Crippen molar-refractivity contribution in [3.05, 3.63) is 23.0 Å². The lowest BCUT2D eigenvalue weighted by Crippen LogP contribution is -2.26. The molecule has 17 heavy (non-hydrogen) atoms. The second kappa shape index (κ2) is 4.33. The number of anilines is 1. The highest BCUT2D eigenvalue weighted by Gasteiger charge is 2.32. The molecule has 0 aliphatic carbocycles. The van der Waals surface area contributed by atoms with Crippen LogP contribution in [0.4, 0.5) is 10.1 Å². The van der Waals surface area contributed by atoms with Gasteiger partial charge in [0.05, 0.1) is 25.1 Å². The van der Waals surface area contributed by atoms with Crippen LogP contribution in [-0.4, -0.2) is 25.3 Å². The lowest BCUT2D eigenvalue weighted by Gasteiger charge is -2.18. The number of carbonyl (C=O) groups is 2. The molecule has 6 heteroatoms. The van der Waals surface area contributed by atoms with E-state index in [0.29, 0.717) is 0 Å². The summed E-state index contributed by atoms with van der Waals surface area (Å²) in [6.45, 7) is -0.150. The van der Waals surface area contributed by atoms with Gasteiger partial charge >= 0.3 is 0 Å². The fourth-order valence-electron chi connectivity index (χ4n) is 1.72. The summed E-state index contributed by atoms with van der Waals surface area (Å²) < 4.78 is 18.8. The van der Waals surface area contributed by atoms with Gasteiger partial charge in [0.15, 0.2) is 17.3 Å². The molecule has 0 aromatic heterocycles. The van der Waals surface area contributed by atoms with Gasteiger partial charge in [-0.2, -0.15) is 0 Å². The van der Waals surface area contributed by atoms with E-state index >= 15 is 0 Å². The zero-order valence-corrected chi connectivity index (χ0v) is 9.75. The number of benzene rings is 1. The Morgan fingerprint density at radius 1 is 1.41 bits per heavy atom. The van der Waals surface area contributed by atoms with Crippen molar-refractivity contribution in [1.29, 1.82) is 0 Å². The highest BCUT2D eigenvalue weighted by molar-refractivity contribution is 6.34. The summed E-state index contributed by atoms with van der Waals surface area (Å²) >= 11 is 5.85. The Morgan fingerprint density at radius 2 is 2.12 bits per heavy atom. The number of ether oxygens (including phenoxy) is 1. The van der Waals surface area contributed by atoms with Crippen LogP contribution in [0.2, 0.25) is 5.02 Å². The summed E-state index contributed by atoms with van der Waals surface area (Å²) in [5.74, 6) is -1.46. The van der Waals surface area contributed by atoms with Crippen LogP contribution in [0.1, 0.15) is 6.42 Å². The topological polar surface area (TPSA) is 46.6 Å². The fourth-order valence-corrected chi connectivity index (χ4v) is 1.96. The molecule has 1 fully saturated rings. The van der Waals surface area contributed by atoms with Gasteiger partial charge in [-0.3, -0.25) is 9.59 Å². The summed E-state index contributed by atoms with van der Waals surface area (Å²) in [6, 6.07) is 2.79. The number of ketones is 1. The zero-order valence-electron chi connectivity index (χ0n) is 9.00. The summed E-state index contributed by atoms with van der Waals surface area (Å²) in [4.78, 5) is 23.7.